The topological polar surface area (TPSA) is 3.24 Å². The minimum absolute atomic E-state index is 0.906. The highest BCUT2D eigenvalue weighted by molar-refractivity contribution is 4.92. The molecule has 0 atom stereocenters. The fourth-order valence-corrected chi connectivity index (χ4v) is 0.490. The van der Waals surface area contributed by atoms with Gasteiger partial charge in [0.2, 0.25) is 0 Å². The highest BCUT2D eigenvalue weighted by atomic mass is 15.1. The molecular weight excluding hydrogens is 98.1 g/mol. The summed E-state index contributed by atoms with van der Waals surface area (Å²) in [5.41, 5.74) is 1.16. The first kappa shape index (κ1) is 7.28. The van der Waals surface area contributed by atoms with E-state index in [0.717, 1.165) is 12.1 Å². The van der Waals surface area contributed by atoms with Crippen molar-refractivity contribution >= 4 is 0 Å². The standard InChI is InChI=1S/C7H13N/c1-5-8(4)6-7(2)3/h5H,1-2,6H2,3-4H3. The van der Waals surface area contributed by atoms with Gasteiger partial charge in [-0.2, -0.15) is 0 Å². The highest BCUT2D eigenvalue weighted by Crippen LogP contribution is 1.90. The Balaban J connectivity index is 3.38. The van der Waals surface area contributed by atoms with E-state index in [2.05, 4.69) is 13.2 Å². The third-order valence-corrected chi connectivity index (χ3v) is 0.831. The van der Waals surface area contributed by atoms with E-state index in [9.17, 15) is 0 Å². The van der Waals surface area contributed by atoms with Gasteiger partial charge in [0, 0.05) is 13.6 Å². The second-order valence-corrected chi connectivity index (χ2v) is 2.05. The maximum absolute atomic E-state index is 3.75. The highest BCUT2D eigenvalue weighted by Gasteiger charge is 1.86. The normalized spacial score (nSPS) is 8.25. The van der Waals surface area contributed by atoms with Crippen LogP contribution < -0.4 is 0 Å². The largest absolute Gasteiger partial charge is 0.377 e. The molecule has 0 aliphatic heterocycles. The Hall–Kier alpha value is -0.720. The molecule has 0 aromatic heterocycles. The fourth-order valence-electron chi connectivity index (χ4n) is 0.490. The quantitative estimate of drug-likeness (QED) is 0.500. The first-order chi connectivity index (χ1) is 3.66. The molecule has 0 saturated carbocycles. The Morgan fingerprint density at radius 3 is 2.38 bits per heavy atom. The summed E-state index contributed by atoms with van der Waals surface area (Å²) in [6.07, 6.45) is 1.79. The number of likely N-dealkylation sites (N-methyl/N-ethyl adjacent to an activating group) is 1. The number of hydrogen-bond acceptors (Lipinski definition) is 1. The van der Waals surface area contributed by atoms with Crippen LogP contribution in [0.5, 0.6) is 0 Å². The van der Waals surface area contributed by atoms with Gasteiger partial charge in [0.15, 0.2) is 0 Å². The van der Waals surface area contributed by atoms with Crippen LogP contribution in [0.4, 0.5) is 0 Å². The lowest BCUT2D eigenvalue weighted by atomic mass is 10.3. The summed E-state index contributed by atoms with van der Waals surface area (Å²) in [6.45, 7) is 10.3. The first-order valence-electron chi connectivity index (χ1n) is 2.64. The number of rotatable bonds is 3. The number of nitrogens with zero attached hydrogens (tertiary/aromatic N) is 1. The van der Waals surface area contributed by atoms with Crippen molar-refractivity contribution in [1.29, 1.82) is 0 Å². The molecular formula is C7H13N. The fraction of sp³-hybridized carbons (Fsp3) is 0.429. The zero-order chi connectivity index (χ0) is 6.57. The van der Waals surface area contributed by atoms with Crippen molar-refractivity contribution in [3.05, 3.63) is 24.9 Å². The minimum Gasteiger partial charge on any atom is -0.377 e. The van der Waals surface area contributed by atoms with Gasteiger partial charge in [0.1, 0.15) is 0 Å². The summed E-state index contributed by atoms with van der Waals surface area (Å²) in [7, 11) is 1.97. The Kier molecular flexibility index (Phi) is 3.01. The third-order valence-electron chi connectivity index (χ3n) is 0.831. The Morgan fingerprint density at radius 2 is 2.25 bits per heavy atom. The summed E-state index contributed by atoms with van der Waals surface area (Å²) >= 11 is 0. The molecule has 0 aromatic carbocycles. The van der Waals surface area contributed by atoms with Gasteiger partial charge in [-0.1, -0.05) is 18.7 Å². The molecule has 8 heavy (non-hydrogen) atoms. The molecule has 0 aromatic rings. The van der Waals surface area contributed by atoms with Crippen LogP contribution in [0.25, 0.3) is 0 Å². The molecule has 46 valence electrons. The molecule has 0 bridgehead atoms. The predicted octanol–water partition coefficient (Wildman–Crippen LogP) is 1.64. The molecule has 0 saturated heterocycles. The van der Waals surface area contributed by atoms with Crippen molar-refractivity contribution in [2.45, 2.75) is 6.92 Å². The average molecular weight is 111 g/mol. The Labute approximate surface area is 51.3 Å². The van der Waals surface area contributed by atoms with Gasteiger partial charge in [0.05, 0.1) is 0 Å². The van der Waals surface area contributed by atoms with Gasteiger partial charge in [-0.15, -0.1) is 0 Å². The van der Waals surface area contributed by atoms with Crippen molar-refractivity contribution in [1.82, 2.24) is 4.90 Å². The van der Waals surface area contributed by atoms with E-state index in [1.54, 1.807) is 6.20 Å². The summed E-state index contributed by atoms with van der Waals surface area (Å²) in [5, 5.41) is 0. The maximum Gasteiger partial charge on any atom is 0.0374 e. The third kappa shape index (κ3) is 3.47. The van der Waals surface area contributed by atoms with Gasteiger partial charge in [-0.05, 0) is 13.1 Å². The van der Waals surface area contributed by atoms with E-state index in [0.29, 0.717) is 0 Å². The van der Waals surface area contributed by atoms with Gasteiger partial charge >= 0.3 is 0 Å². The predicted molar refractivity (Wildman–Crippen MR) is 37.6 cm³/mol. The zero-order valence-corrected chi connectivity index (χ0v) is 5.65. The summed E-state index contributed by atoms with van der Waals surface area (Å²) in [6, 6.07) is 0. The minimum atomic E-state index is 0.906. The lowest BCUT2D eigenvalue weighted by Gasteiger charge is -2.11. The molecule has 0 radical (unpaired) electrons. The summed E-state index contributed by atoms with van der Waals surface area (Å²) in [4.78, 5) is 1.99. The Bertz CT molecular complexity index is 94.6. The second kappa shape index (κ2) is 3.30. The Morgan fingerprint density at radius 1 is 1.75 bits per heavy atom. The van der Waals surface area contributed by atoms with E-state index in [1.165, 1.54) is 0 Å². The molecule has 0 heterocycles. The van der Waals surface area contributed by atoms with Crippen molar-refractivity contribution in [2.75, 3.05) is 13.6 Å². The summed E-state index contributed by atoms with van der Waals surface area (Å²) in [5.74, 6) is 0. The molecule has 0 unspecified atom stereocenters. The van der Waals surface area contributed by atoms with E-state index in [1.807, 2.05) is 18.9 Å². The van der Waals surface area contributed by atoms with Gasteiger partial charge < -0.3 is 4.90 Å². The molecule has 0 aliphatic carbocycles. The molecule has 0 spiro atoms. The molecule has 0 amide bonds. The zero-order valence-electron chi connectivity index (χ0n) is 5.65. The van der Waals surface area contributed by atoms with Crippen molar-refractivity contribution in [2.24, 2.45) is 0 Å². The van der Waals surface area contributed by atoms with Crippen LogP contribution in [0.15, 0.2) is 24.9 Å². The summed E-state index contributed by atoms with van der Waals surface area (Å²) < 4.78 is 0. The van der Waals surface area contributed by atoms with Crippen LogP contribution in [-0.2, 0) is 0 Å². The van der Waals surface area contributed by atoms with Crippen LogP contribution in [0.3, 0.4) is 0 Å². The monoisotopic (exact) mass is 111 g/mol. The molecule has 1 heteroatoms. The SMILES string of the molecule is C=CN(C)CC(=C)C. The maximum atomic E-state index is 3.75. The van der Waals surface area contributed by atoms with E-state index in [-0.39, 0.29) is 0 Å². The van der Waals surface area contributed by atoms with Crippen LogP contribution in [0.2, 0.25) is 0 Å². The van der Waals surface area contributed by atoms with Crippen LogP contribution >= 0.6 is 0 Å². The van der Waals surface area contributed by atoms with E-state index < -0.39 is 0 Å². The average Bonchev–Trinajstić information content (AvgIpc) is 1.65. The first-order valence-corrected chi connectivity index (χ1v) is 2.64. The van der Waals surface area contributed by atoms with Gasteiger partial charge in [-0.25, -0.2) is 0 Å². The van der Waals surface area contributed by atoms with Gasteiger partial charge in [0.25, 0.3) is 0 Å². The molecule has 0 fully saturated rings. The smallest absolute Gasteiger partial charge is 0.0374 e. The van der Waals surface area contributed by atoms with Crippen LogP contribution in [-0.4, -0.2) is 18.5 Å². The molecule has 0 aliphatic rings. The van der Waals surface area contributed by atoms with Crippen LogP contribution in [0.1, 0.15) is 6.92 Å². The number of hydrogen-bond donors (Lipinski definition) is 0. The second-order valence-electron chi connectivity index (χ2n) is 2.05. The lowest BCUT2D eigenvalue weighted by molar-refractivity contribution is 0.499. The van der Waals surface area contributed by atoms with Crippen molar-refractivity contribution < 1.29 is 0 Å². The van der Waals surface area contributed by atoms with E-state index >= 15 is 0 Å². The molecule has 1 nitrogen and oxygen atoms in total. The van der Waals surface area contributed by atoms with Crippen molar-refractivity contribution in [3.63, 3.8) is 0 Å². The van der Waals surface area contributed by atoms with E-state index in [4.69, 9.17) is 0 Å². The molecule has 0 N–H and O–H groups in total. The lowest BCUT2D eigenvalue weighted by Crippen LogP contribution is -2.11. The van der Waals surface area contributed by atoms with Gasteiger partial charge in [-0.3, -0.25) is 0 Å². The molecule has 0 rings (SSSR count). The van der Waals surface area contributed by atoms with Crippen molar-refractivity contribution in [3.8, 4) is 0 Å². The van der Waals surface area contributed by atoms with Crippen LogP contribution in [0, 0.1) is 0 Å².